The third-order valence-corrected chi connectivity index (χ3v) is 1.74. The third kappa shape index (κ3) is 1.71. The van der Waals surface area contributed by atoms with Crippen LogP contribution in [0, 0.1) is 6.92 Å². The fourth-order valence-electron chi connectivity index (χ4n) is 0.707. The standard InChI is InChI=1S/C6H8ClN3O/c1-5-6(7)2-9-10(5)3-8-4-11/h2,4H,3H2,1H3,(H,8,11). The zero-order chi connectivity index (χ0) is 8.27. The van der Waals surface area contributed by atoms with Crippen molar-refractivity contribution in [2.45, 2.75) is 13.6 Å². The largest absolute Gasteiger partial charge is 0.339 e. The van der Waals surface area contributed by atoms with Gasteiger partial charge in [0.2, 0.25) is 6.41 Å². The van der Waals surface area contributed by atoms with E-state index in [0.717, 1.165) is 5.69 Å². The summed E-state index contributed by atoms with van der Waals surface area (Å²) < 4.78 is 1.61. The molecule has 1 aromatic rings. The second kappa shape index (κ2) is 3.39. The Labute approximate surface area is 69.1 Å². The minimum atomic E-state index is 0.363. The van der Waals surface area contributed by atoms with Crippen molar-refractivity contribution >= 4 is 18.0 Å². The molecule has 0 aliphatic carbocycles. The molecule has 0 saturated heterocycles. The molecule has 4 nitrogen and oxygen atoms in total. The molecule has 1 aromatic heterocycles. The second-order valence-electron chi connectivity index (χ2n) is 2.06. The zero-order valence-corrected chi connectivity index (χ0v) is 6.80. The van der Waals surface area contributed by atoms with Crippen LogP contribution < -0.4 is 5.32 Å². The lowest BCUT2D eigenvalue weighted by molar-refractivity contribution is -0.110. The lowest BCUT2D eigenvalue weighted by atomic mass is 10.5. The van der Waals surface area contributed by atoms with Crippen molar-refractivity contribution in [1.29, 1.82) is 0 Å². The maximum absolute atomic E-state index is 9.91. The van der Waals surface area contributed by atoms with Gasteiger partial charge in [-0.25, -0.2) is 4.68 Å². The molecule has 0 aliphatic heterocycles. The van der Waals surface area contributed by atoms with Gasteiger partial charge < -0.3 is 5.32 Å². The second-order valence-corrected chi connectivity index (χ2v) is 2.46. The Kier molecular flexibility index (Phi) is 2.48. The van der Waals surface area contributed by atoms with Crippen LogP contribution in [0.5, 0.6) is 0 Å². The van der Waals surface area contributed by atoms with Gasteiger partial charge in [0.15, 0.2) is 0 Å². The zero-order valence-electron chi connectivity index (χ0n) is 6.04. The molecule has 0 radical (unpaired) electrons. The molecule has 0 fully saturated rings. The summed E-state index contributed by atoms with van der Waals surface area (Å²) in [5.74, 6) is 0. The van der Waals surface area contributed by atoms with E-state index in [1.807, 2.05) is 6.92 Å². The van der Waals surface area contributed by atoms with Crippen molar-refractivity contribution in [3.8, 4) is 0 Å². The van der Waals surface area contributed by atoms with Gasteiger partial charge in [0.05, 0.1) is 16.9 Å². The number of carbonyl (C=O) groups is 1. The van der Waals surface area contributed by atoms with Crippen molar-refractivity contribution in [1.82, 2.24) is 15.1 Å². The lowest BCUT2D eigenvalue weighted by Gasteiger charge is -2.01. The summed E-state index contributed by atoms with van der Waals surface area (Å²) in [6.07, 6.45) is 2.17. The van der Waals surface area contributed by atoms with Crippen LogP contribution in [-0.4, -0.2) is 16.2 Å². The van der Waals surface area contributed by atoms with Crippen molar-refractivity contribution in [3.63, 3.8) is 0 Å². The molecule has 0 aliphatic rings. The Balaban J connectivity index is 2.70. The maximum atomic E-state index is 9.91. The normalized spacial score (nSPS) is 9.64. The average molecular weight is 174 g/mol. The minimum Gasteiger partial charge on any atom is -0.339 e. The summed E-state index contributed by atoms with van der Waals surface area (Å²) in [6, 6.07) is 0. The van der Waals surface area contributed by atoms with Gasteiger partial charge in [-0.1, -0.05) is 11.6 Å². The number of hydrogen-bond donors (Lipinski definition) is 1. The summed E-state index contributed by atoms with van der Waals surface area (Å²) in [5, 5.41) is 7.01. The first kappa shape index (κ1) is 8.07. The first-order valence-electron chi connectivity index (χ1n) is 3.10. The number of nitrogens with zero attached hydrogens (tertiary/aromatic N) is 2. The Hall–Kier alpha value is -1.03. The maximum Gasteiger partial charge on any atom is 0.208 e. The topological polar surface area (TPSA) is 46.9 Å². The fraction of sp³-hybridized carbons (Fsp3) is 0.333. The van der Waals surface area contributed by atoms with Gasteiger partial charge in [0, 0.05) is 0 Å². The Bertz CT molecular complexity index is 258. The molecule has 0 spiro atoms. The Morgan fingerprint density at radius 1 is 1.91 bits per heavy atom. The van der Waals surface area contributed by atoms with Gasteiger partial charge >= 0.3 is 0 Å². The van der Waals surface area contributed by atoms with E-state index < -0.39 is 0 Å². The smallest absolute Gasteiger partial charge is 0.208 e. The molecule has 1 amide bonds. The predicted molar refractivity (Wildman–Crippen MR) is 41.2 cm³/mol. The Morgan fingerprint density at radius 2 is 2.64 bits per heavy atom. The van der Waals surface area contributed by atoms with E-state index in [1.165, 1.54) is 0 Å². The molecule has 0 bridgehead atoms. The van der Waals surface area contributed by atoms with Crippen LogP contribution in [0.4, 0.5) is 0 Å². The van der Waals surface area contributed by atoms with E-state index in [2.05, 4.69) is 10.4 Å². The summed E-state index contributed by atoms with van der Waals surface area (Å²) >= 11 is 5.71. The van der Waals surface area contributed by atoms with Gasteiger partial charge in [-0.15, -0.1) is 0 Å². The number of hydrogen-bond acceptors (Lipinski definition) is 2. The summed E-state index contributed by atoms with van der Waals surface area (Å²) in [7, 11) is 0. The number of carbonyl (C=O) groups excluding carboxylic acids is 1. The van der Waals surface area contributed by atoms with Crippen LogP contribution in [0.2, 0.25) is 5.02 Å². The molecule has 0 saturated carbocycles. The molecule has 0 atom stereocenters. The minimum absolute atomic E-state index is 0.363. The van der Waals surface area contributed by atoms with E-state index in [4.69, 9.17) is 11.6 Å². The summed E-state index contributed by atoms with van der Waals surface area (Å²) in [5.41, 5.74) is 0.848. The first-order chi connectivity index (χ1) is 5.25. The van der Waals surface area contributed by atoms with Gasteiger partial charge in [0.1, 0.15) is 6.67 Å². The van der Waals surface area contributed by atoms with E-state index in [0.29, 0.717) is 18.1 Å². The summed E-state index contributed by atoms with van der Waals surface area (Å²) in [6.45, 7) is 2.20. The van der Waals surface area contributed by atoms with E-state index in [-0.39, 0.29) is 0 Å². The van der Waals surface area contributed by atoms with E-state index in [1.54, 1.807) is 10.9 Å². The van der Waals surface area contributed by atoms with Crippen LogP contribution in [0.3, 0.4) is 0 Å². The molecular weight excluding hydrogens is 166 g/mol. The number of halogens is 1. The molecular formula is C6H8ClN3O. The fourth-order valence-corrected chi connectivity index (χ4v) is 0.848. The van der Waals surface area contributed by atoms with Crippen molar-refractivity contribution in [2.24, 2.45) is 0 Å². The van der Waals surface area contributed by atoms with Crippen LogP contribution >= 0.6 is 11.6 Å². The van der Waals surface area contributed by atoms with Crippen LogP contribution in [0.1, 0.15) is 5.69 Å². The van der Waals surface area contributed by atoms with Gasteiger partial charge in [-0.3, -0.25) is 4.79 Å². The number of nitrogens with one attached hydrogen (secondary N) is 1. The SMILES string of the molecule is Cc1c(Cl)cnn1CNC=O. The number of rotatable bonds is 3. The van der Waals surface area contributed by atoms with E-state index in [9.17, 15) is 4.79 Å². The molecule has 5 heteroatoms. The number of aromatic nitrogens is 2. The molecule has 11 heavy (non-hydrogen) atoms. The highest BCUT2D eigenvalue weighted by molar-refractivity contribution is 6.31. The molecule has 1 N–H and O–H groups in total. The Morgan fingerprint density at radius 3 is 3.09 bits per heavy atom. The monoisotopic (exact) mass is 173 g/mol. The predicted octanol–water partition coefficient (Wildman–Crippen LogP) is 0.548. The summed E-state index contributed by atoms with van der Waals surface area (Å²) in [4.78, 5) is 9.91. The van der Waals surface area contributed by atoms with Crippen LogP contribution in [0.15, 0.2) is 6.20 Å². The van der Waals surface area contributed by atoms with Crippen molar-refractivity contribution in [2.75, 3.05) is 0 Å². The van der Waals surface area contributed by atoms with Gasteiger partial charge in [0.25, 0.3) is 0 Å². The first-order valence-corrected chi connectivity index (χ1v) is 3.48. The van der Waals surface area contributed by atoms with Crippen molar-refractivity contribution < 1.29 is 4.79 Å². The molecule has 0 aromatic carbocycles. The number of amides is 1. The highest BCUT2D eigenvalue weighted by atomic mass is 35.5. The van der Waals surface area contributed by atoms with Crippen LogP contribution in [-0.2, 0) is 11.5 Å². The highest BCUT2D eigenvalue weighted by Gasteiger charge is 2.01. The molecule has 60 valence electrons. The molecule has 1 heterocycles. The van der Waals surface area contributed by atoms with E-state index >= 15 is 0 Å². The van der Waals surface area contributed by atoms with Crippen molar-refractivity contribution in [3.05, 3.63) is 16.9 Å². The average Bonchev–Trinajstić information content (AvgIpc) is 2.31. The highest BCUT2D eigenvalue weighted by Crippen LogP contribution is 2.11. The lowest BCUT2D eigenvalue weighted by Crippen LogP contribution is -2.18. The van der Waals surface area contributed by atoms with Gasteiger partial charge in [-0.2, -0.15) is 5.10 Å². The van der Waals surface area contributed by atoms with Crippen LogP contribution in [0.25, 0.3) is 0 Å². The molecule has 1 rings (SSSR count). The quantitative estimate of drug-likeness (QED) is 0.679. The molecule has 0 unspecified atom stereocenters. The third-order valence-electron chi connectivity index (χ3n) is 1.37. The van der Waals surface area contributed by atoms with Gasteiger partial charge in [-0.05, 0) is 6.92 Å².